The van der Waals surface area contributed by atoms with Gasteiger partial charge in [0.25, 0.3) is 5.56 Å². The molecule has 0 aliphatic carbocycles. The van der Waals surface area contributed by atoms with Gasteiger partial charge in [-0.1, -0.05) is 6.92 Å². The van der Waals surface area contributed by atoms with E-state index in [0.717, 1.165) is 4.57 Å². The van der Waals surface area contributed by atoms with Gasteiger partial charge in [-0.2, -0.15) is 0 Å². The first-order valence-electron chi connectivity index (χ1n) is 12.5. The van der Waals surface area contributed by atoms with E-state index in [-0.39, 0.29) is 11.7 Å². The molecular weight excluding hydrogens is 535 g/mol. The number of H-pyrrole nitrogens is 1. The van der Waals surface area contributed by atoms with Crippen LogP contribution in [0.3, 0.4) is 0 Å². The molecule has 1 aliphatic heterocycles. The Morgan fingerprint density at radius 1 is 1.23 bits per heavy atom. The average molecular weight is 575 g/mol. The summed E-state index contributed by atoms with van der Waals surface area (Å²) in [6.45, 7) is 6.93. The van der Waals surface area contributed by atoms with E-state index in [1.165, 1.54) is 13.1 Å². The summed E-state index contributed by atoms with van der Waals surface area (Å²) in [4.78, 5) is 64.8. The molecule has 0 aromatic carbocycles. The van der Waals surface area contributed by atoms with E-state index in [1.54, 1.807) is 20.3 Å². The number of carboxylic acids is 1. The maximum Gasteiger partial charge on any atom is 0.330 e. The summed E-state index contributed by atoms with van der Waals surface area (Å²) >= 11 is 0. The maximum atomic E-state index is 12.8. The molecule has 1 saturated heterocycles. The highest BCUT2D eigenvalue weighted by atomic mass is 31.2. The minimum absolute atomic E-state index is 0.205. The first kappa shape index (κ1) is 32.4. The van der Waals surface area contributed by atoms with Crippen LogP contribution in [-0.4, -0.2) is 109 Å². The Balaban J connectivity index is 2.45. The molecule has 15 heteroatoms. The molecule has 1 amide bonds. The van der Waals surface area contributed by atoms with Crippen molar-refractivity contribution in [1.82, 2.24) is 19.8 Å². The van der Waals surface area contributed by atoms with Crippen LogP contribution in [-0.2, 0) is 33.2 Å². The topological polar surface area (TPSA) is 186 Å². The Hall–Kier alpha value is -2.80. The van der Waals surface area contributed by atoms with Crippen molar-refractivity contribution in [3.63, 3.8) is 0 Å². The molecule has 2 heterocycles. The van der Waals surface area contributed by atoms with E-state index in [1.807, 2.05) is 19.0 Å². The number of likely N-dealkylation sites (N-methyl/N-ethyl adjacent to an activating group) is 1. The number of esters is 1. The number of nitrogens with zero attached hydrogens (tertiary/aromatic N) is 2. The van der Waals surface area contributed by atoms with Gasteiger partial charge in [0, 0.05) is 31.0 Å². The molecule has 2 rings (SSSR count). The summed E-state index contributed by atoms with van der Waals surface area (Å²) in [7, 11) is 1.13. The number of nitrogens with one attached hydrogen (secondary N) is 2. The van der Waals surface area contributed by atoms with Gasteiger partial charge in [-0.25, -0.2) is 4.79 Å². The number of aromatic amines is 1. The van der Waals surface area contributed by atoms with Gasteiger partial charge in [0.2, 0.25) is 5.91 Å². The zero-order valence-electron chi connectivity index (χ0n) is 23.2. The number of aliphatic carboxylic acids is 1. The summed E-state index contributed by atoms with van der Waals surface area (Å²) in [5.41, 5.74) is -1.19. The highest BCUT2D eigenvalue weighted by Crippen LogP contribution is 2.43. The van der Waals surface area contributed by atoms with Crippen molar-refractivity contribution in [2.75, 3.05) is 53.3 Å². The van der Waals surface area contributed by atoms with Crippen molar-refractivity contribution in [3.8, 4) is 0 Å². The summed E-state index contributed by atoms with van der Waals surface area (Å²) in [5.74, 6) is -2.94. The van der Waals surface area contributed by atoms with Gasteiger partial charge >= 0.3 is 17.6 Å². The number of aromatic nitrogens is 2. The Kier molecular flexibility index (Phi) is 11.6. The van der Waals surface area contributed by atoms with E-state index in [0.29, 0.717) is 13.1 Å². The van der Waals surface area contributed by atoms with E-state index >= 15 is 0 Å². The monoisotopic (exact) mass is 574 g/mol. The van der Waals surface area contributed by atoms with E-state index in [4.69, 9.17) is 19.3 Å². The van der Waals surface area contributed by atoms with Crippen LogP contribution in [0.25, 0.3) is 0 Å². The van der Waals surface area contributed by atoms with Crippen molar-refractivity contribution in [1.29, 1.82) is 0 Å². The molecule has 3 N–H and O–H groups in total. The van der Waals surface area contributed by atoms with E-state index in [2.05, 4.69) is 10.3 Å². The standard InChI is InChI=1S/C24H39N4O10P/c1-14-11-28(24(34)26-22(14)33)23-21(36-12-16(29)25-9-10-27(3)4)20(37-18(32)8-7-17(30)31)19(38-23)15(2)13-39(5,6)35/h11,15,19-21,23H,7-10,12-13H2,1-6H3,(H,25,29)(H,30,31)(H,26,33,34)/t15-,19-,20-,21-,23-/m1/s1. The van der Waals surface area contributed by atoms with Gasteiger partial charge in [-0.05, 0) is 40.3 Å². The smallest absolute Gasteiger partial charge is 0.330 e. The van der Waals surface area contributed by atoms with Gasteiger partial charge < -0.3 is 34.1 Å². The van der Waals surface area contributed by atoms with Crippen molar-refractivity contribution >= 4 is 25.0 Å². The third-order valence-electron chi connectivity index (χ3n) is 6.03. The predicted molar refractivity (Wildman–Crippen MR) is 142 cm³/mol. The number of carbonyl (C=O) groups is 3. The number of hydrogen-bond donors (Lipinski definition) is 3. The molecule has 14 nitrogen and oxygen atoms in total. The van der Waals surface area contributed by atoms with Crippen LogP contribution < -0.4 is 16.6 Å². The first-order valence-corrected chi connectivity index (χ1v) is 15.3. The van der Waals surface area contributed by atoms with Crippen molar-refractivity contribution < 1.29 is 38.3 Å². The zero-order valence-corrected chi connectivity index (χ0v) is 24.1. The van der Waals surface area contributed by atoms with E-state index in [9.17, 15) is 28.5 Å². The summed E-state index contributed by atoms with van der Waals surface area (Å²) in [6.07, 6.45) is -3.90. The summed E-state index contributed by atoms with van der Waals surface area (Å²) < 4.78 is 31.4. The number of rotatable bonds is 14. The molecule has 1 aromatic rings. The second-order valence-electron chi connectivity index (χ2n) is 10.5. The number of ether oxygens (including phenoxy) is 3. The number of aryl methyl sites for hydroxylation is 1. The number of hydrogen-bond acceptors (Lipinski definition) is 10. The van der Waals surface area contributed by atoms with Gasteiger partial charge in [0.1, 0.15) is 18.8 Å². The molecule has 1 aromatic heterocycles. The molecule has 0 saturated carbocycles. The lowest BCUT2D eigenvalue weighted by molar-refractivity contribution is -0.161. The van der Waals surface area contributed by atoms with Crippen LogP contribution in [0.2, 0.25) is 0 Å². The fraction of sp³-hybridized carbons (Fsp3) is 0.708. The van der Waals surface area contributed by atoms with Crippen LogP contribution in [0.5, 0.6) is 0 Å². The SMILES string of the molecule is Cc1cn([C@@H]2O[C@H]([C@H](C)CP(C)(C)=O)[C@@H](OC(=O)CCC(=O)O)[C@H]2OCC(=O)NCCN(C)C)c(=O)[nH]c1=O. The summed E-state index contributed by atoms with van der Waals surface area (Å²) in [6, 6.07) is 0. The fourth-order valence-electron chi connectivity index (χ4n) is 4.29. The molecule has 0 radical (unpaired) electrons. The lowest BCUT2D eigenvalue weighted by Crippen LogP contribution is -2.44. The Labute approximate surface area is 226 Å². The van der Waals surface area contributed by atoms with Crippen LogP contribution in [0.4, 0.5) is 0 Å². The van der Waals surface area contributed by atoms with Gasteiger partial charge in [0.05, 0.1) is 20.0 Å². The van der Waals surface area contributed by atoms with Gasteiger partial charge in [0.15, 0.2) is 12.3 Å². The van der Waals surface area contributed by atoms with Crippen LogP contribution in [0.1, 0.15) is 31.6 Å². The normalized spacial score (nSPS) is 22.0. The number of amides is 1. The third kappa shape index (κ3) is 10.0. The van der Waals surface area contributed by atoms with Gasteiger partial charge in [-0.15, -0.1) is 0 Å². The Bertz CT molecular complexity index is 1190. The maximum absolute atomic E-state index is 12.8. The predicted octanol–water partition coefficient (Wildman–Crippen LogP) is -0.159. The molecule has 0 spiro atoms. The molecule has 5 atom stereocenters. The highest BCUT2D eigenvalue weighted by Gasteiger charge is 2.51. The van der Waals surface area contributed by atoms with Gasteiger partial charge in [-0.3, -0.25) is 28.7 Å². The minimum atomic E-state index is -2.57. The van der Waals surface area contributed by atoms with Crippen LogP contribution >= 0.6 is 7.14 Å². The van der Waals surface area contributed by atoms with Crippen LogP contribution in [0.15, 0.2) is 15.8 Å². The Morgan fingerprint density at radius 2 is 1.90 bits per heavy atom. The van der Waals surface area contributed by atoms with Crippen molar-refractivity contribution in [3.05, 3.63) is 32.6 Å². The second kappa shape index (κ2) is 14.0. The minimum Gasteiger partial charge on any atom is -0.481 e. The molecule has 1 fully saturated rings. The molecular formula is C24H39N4O10P. The lowest BCUT2D eigenvalue weighted by atomic mass is 9.99. The average Bonchev–Trinajstić information content (AvgIpc) is 3.15. The third-order valence-corrected chi connectivity index (χ3v) is 7.49. The lowest BCUT2D eigenvalue weighted by Gasteiger charge is -2.27. The Morgan fingerprint density at radius 3 is 2.49 bits per heavy atom. The molecule has 39 heavy (non-hydrogen) atoms. The fourth-order valence-corrected chi connectivity index (χ4v) is 5.89. The van der Waals surface area contributed by atoms with Crippen molar-refractivity contribution in [2.45, 2.75) is 51.2 Å². The molecule has 1 aliphatic rings. The quantitative estimate of drug-likeness (QED) is 0.198. The molecule has 0 bridgehead atoms. The van der Waals surface area contributed by atoms with Crippen LogP contribution in [0, 0.1) is 12.8 Å². The number of carbonyl (C=O) groups excluding carboxylic acids is 2. The molecule has 220 valence electrons. The highest BCUT2D eigenvalue weighted by molar-refractivity contribution is 7.62. The molecule has 0 unspecified atom stereocenters. The van der Waals surface area contributed by atoms with E-state index < -0.39 is 86.1 Å². The summed E-state index contributed by atoms with van der Waals surface area (Å²) in [5, 5.41) is 11.7. The second-order valence-corrected chi connectivity index (χ2v) is 14.0. The number of carboxylic acid groups (broad SMARTS) is 1. The zero-order chi connectivity index (χ0) is 29.5. The largest absolute Gasteiger partial charge is 0.481 e. The first-order chi connectivity index (χ1) is 18.1. The van der Waals surface area contributed by atoms with Crippen molar-refractivity contribution in [2.24, 2.45) is 5.92 Å².